The lowest BCUT2D eigenvalue weighted by molar-refractivity contribution is -0.140. The van der Waals surface area contributed by atoms with Crippen LogP contribution in [0.4, 0.5) is 0 Å². The Labute approximate surface area is 78.1 Å². The van der Waals surface area contributed by atoms with Gasteiger partial charge in [0.25, 0.3) is 0 Å². The van der Waals surface area contributed by atoms with Crippen molar-refractivity contribution in [2.45, 2.75) is 33.6 Å². The highest BCUT2D eigenvalue weighted by Crippen LogP contribution is 2.81. The number of hydrogen-bond donors (Lipinski definition) is 0. The molecule has 72 valence electrons. The standard InChI is InChI=1S/C10H15NO2/c1-7(12)13-11-6-8-9(2,3)10(8)4-5-10/h6,8H,4-5H2,1-3H3/b11-6+. The molecule has 2 aliphatic carbocycles. The predicted octanol–water partition coefficient (Wildman–Crippen LogP) is 1.97. The number of rotatable bonds is 2. The van der Waals surface area contributed by atoms with Gasteiger partial charge in [-0.3, -0.25) is 0 Å². The highest BCUT2D eigenvalue weighted by molar-refractivity contribution is 5.72. The average Bonchev–Trinajstić information content (AvgIpc) is 2.83. The highest BCUT2D eigenvalue weighted by atomic mass is 16.7. The summed E-state index contributed by atoms with van der Waals surface area (Å²) >= 11 is 0. The van der Waals surface area contributed by atoms with Gasteiger partial charge in [0.05, 0.1) is 0 Å². The van der Waals surface area contributed by atoms with Crippen LogP contribution >= 0.6 is 0 Å². The Hall–Kier alpha value is -0.860. The van der Waals surface area contributed by atoms with Gasteiger partial charge in [-0.2, -0.15) is 0 Å². The molecule has 0 aliphatic heterocycles. The molecule has 13 heavy (non-hydrogen) atoms. The SMILES string of the molecule is CC(=O)O/N=C/C1C(C)(C)C12CC2. The zero-order valence-electron chi connectivity index (χ0n) is 8.33. The number of oxime groups is 1. The minimum atomic E-state index is -0.348. The van der Waals surface area contributed by atoms with Crippen molar-refractivity contribution in [3.8, 4) is 0 Å². The fourth-order valence-electron chi connectivity index (χ4n) is 2.57. The van der Waals surface area contributed by atoms with E-state index in [1.165, 1.54) is 19.8 Å². The lowest BCUT2D eigenvalue weighted by Gasteiger charge is -1.96. The van der Waals surface area contributed by atoms with Crippen LogP contribution in [0.3, 0.4) is 0 Å². The normalized spacial score (nSPS) is 32.1. The quantitative estimate of drug-likeness (QED) is 0.371. The van der Waals surface area contributed by atoms with Crippen LogP contribution in [-0.2, 0) is 9.63 Å². The second kappa shape index (κ2) is 2.34. The van der Waals surface area contributed by atoms with E-state index in [0.717, 1.165) is 0 Å². The first-order valence-corrected chi connectivity index (χ1v) is 4.72. The fourth-order valence-corrected chi connectivity index (χ4v) is 2.57. The topological polar surface area (TPSA) is 38.7 Å². The molecule has 0 radical (unpaired) electrons. The van der Waals surface area contributed by atoms with Crippen LogP contribution in [0.5, 0.6) is 0 Å². The first-order valence-electron chi connectivity index (χ1n) is 4.72. The van der Waals surface area contributed by atoms with Crippen LogP contribution in [0, 0.1) is 16.7 Å². The van der Waals surface area contributed by atoms with Crippen molar-refractivity contribution in [1.82, 2.24) is 0 Å². The molecule has 0 heterocycles. The summed E-state index contributed by atoms with van der Waals surface area (Å²) in [6, 6.07) is 0. The molecule has 2 saturated carbocycles. The van der Waals surface area contributed by atoms with Gasteiger partial charge in [0.15, 0.2) is 0 Å². The summed E-state index contributed by atoms with van der Waals surface area (Å²) in [5, 5.41) is 3.69. The van der Waals surface area contributed by atoms with Crippen molar-refractivity contribution >= 4 is 12.2 Å². The molecule has 0 aromatic heterocycles. The van der Waals surface area contributed by atoms with Gasteiger partial charge >= 0.3 is 5.97 Å². The maximum atomic E-state index is 10.4. The lowest BCUT2D eigenvalue weighted by atomic mass is 10.1. The van der Waals surface area contributed by atoms with Crippen LogP contribution < -0.4 is 0 Å². The highest BCUT2D eigenvalue weighted by Gasteiger charge is 2.76. The number of hydrogen-bond acceptors (Lipinski definition) is 3. The van der Waals surface area contributed by atoms with E-state index in [-0.39, 0.29) is 5.97 Å². The Balaban J connectivity index is 1.91. The van der Waals surface area contributed by atoms with Crippen LogP contribution in [0.1, 0.15) is 33.6 Å². The third-order valence-electron chi connectivity index (χ3n) is 3.75. The van der Waals surface area contributed by atoms with Gasteiger partial charge in [-0.1, -0.05) is 19.0 Å². The largest absolute Gasteiger partial charge is 0.331 e. The number of carbonyl (C=O) groups excluding carboxylic acids is 1. The molecule has 1 unspecified atom stereocenters. The summed E-state index contributed by atoms with van der Waals surface area (Å²) in [7, 11) is 0. The fraction of sp³-hybridized carbons (Fsp3) is 0.800. The minimum Gasteiger partial charge on any atom is -0.319 e. The first-order chi connectivity index (χ1) is 6.01. The molecule has 2 fully saturated rings. The molecule has 3 heteroatoms. The van der Waals surface area contributed by atoms with E-state index < -0.39 is 0 Å². The van der Waals surface area contributed by atoms with Gasteiger partial charge in [0.2, 0.25) is 0 Å². The summed E-state index contributed by atoms with van der Waals surface area (Å²) in [6.45, 7) is 5.87. The Bertz CT molecular complexity index is 273. The monoisotopic (exact) mass is 181 g/mol. The van der Waals surface area contributed by atoms with E-state index in [9.17, 15) is 4.79 Å². The van der Waals surface area contributed by atoms with E-state index >= 15 is 0 Å². The van der Waals surface area contributed by atoms with Crippen molar-refractivity contribution < 1.29 is 9.63 Å². The van der Waals surface area contributed by atoms with E-state index in [0.29, 0.717) is 16.7 Å². The van der Waals surface area contributed by atoms with Gasteiger partial charge < -0.3 is 4.84 Å². The van der Waals surface area contributed by atoms with E-state index in [4.69, 9.17) is 0 Å². The summed E-state index contributed by atoms with van der Waals surface area (Å²) < 4.78 is 0. The molecule has 3 nitrogen and oxygen atoms in total. The summed E-state index contributed by atoms with van der Waals surface area (Å²) in [5.74, 6) is 0.166. The smallest absolute Gasteiger partial charge is 0.319 e. The molecule has 1 atom stereocenters. The molecule has 0 saturated heterocycles. The van der Waals surface area contributed by atoms with Gasteiger partial charge in [-0.15, -0.1) is 0 Å². The van der Waals surface area contributed by atoms with Gasteiger partial charge in [-0.25, -0.2) is 4.79 Å². The Morgan fingerprint density at radius 3 is 2.54 bits per heavy atom. The minimum absolute atomic E-state index is 0.348. The Kier molecular flexibility index (Phi) is 1.57. The Morgan fingerprint density at radius 1 is 1.54 bits per heavy atom. The van der Waals surface area contributed by atoms with E-state index in [1.54, 1.807) is 6.21 Å². The van der Waals surface area contributed by atoms with Crippen LogP contribution in [0.15, 0.2) is 5.16 Å². The zero-order valence-corrected chi connectivity index (χ0v) is 8.33. The molecule has 0 amide bonds. The van der Waals surface area contributed by atoms with Gasteiger partial charge in [0, 0.05) is 19.1 Å². The van der Waals surface area contributed by atoms with Crippen molar-refractivity contribution in [2.24, 2.45) is 21.9 Å². The maximum absolute atomic E-state index is 10.4. The van der Waals surface area contributed by atoms with E-state index in [1.807, 2.05) is 0 Å². The van der Waals surface area contributed by atoms with Crippen molar-refractivity contribution in [2.75, 3.05) is 0 Å². The van der Waals surface area contributed by atoms with Gasteiger partial charge in [0.1, 0.15) is 0 Å². The number of carbonyl (C=O) groups is 1. The molecular weight excluding hydrogens is 166 g/mol. The van der Waals surface area contributed by atoms with Crippen molar-refractivity contribution in [3.63, 3.8) is 0 Å². The second-order valence-electron chi connectivity index (χ2n) is 4.69. The molecule has 0 N–H and O–H groups in total. The maximum Gasteiger partial charge on any atom is 0.331 e. The van der Waals surface area contributed by atoms with Crippen LogP contribution in [0.2, 0.25) is 0 Å². The van der Waals surface area contributed by atoms with Crippen molar-refractivity contribution in [3.05, 3.63) is 0 Å². The van der Waals surface area contributed by atoms with Crippen molar-refractivity contribution in [1.29, 1.82) is 0 Å². The second-order valence-corrected chi connectivity index (χ2v) is 4.69. The van der Waals surface area contributed by atoms with E-state index in [2.05, 4.69) is 23.8 Å². The first kappa shape index (κ1) is 8.73. The average molecular weight is 181 g/mol. The molecule has 0 aromatic rings. The Morgan fingerprint density at radius 2 is 2.15 bits per heavy atom. The predicted molar refractivity (Wildman–Crippen MR) is 49.2 cm³/mol. The third-order valence-corrected chi connectivity index (χ3v) is 3.75. The zero-order chi connectivity index (χ0) is 9.69. The van der Waals surface area contributed by atoms with Crippen LogP contribution in [-0.4, -0.2) is 12.2 Å². The molecule has 2 aliphatic rings. The van der Waals surface area contributed by atoms with Crippen LogP contribution in [0.25, 0.3) is 0 Å². The number of nitrogens with zero attached hydrogens (tertiary/aromatic N) is 1. The molecule has 2 rings (SSSR count). The summed E-state index contributed by atoms with van der Waals surface area (Å²) in [6.07, 6.45) is 4.40. The third kappa shape index (κ3) is 1.10. The molecular formula is C10H15NO2. The summed E-state index contributed by atoms with van der Waals surface area (Å²) in [4.78, 5) is 15.0. The molecule has 1 spiro atoms. The molecule has 0 aromatic carbocycles. The lowest BCUT2D eigenvalue weighted by Crippen LogP contribution is -1.94. The summed E-state index contributed by atoms with van der Waals surface area (Å²) in [5.41, 5.74) is 0.882. The van der Waals surface area contributed by atoms with Gasteiger partial charge in [-0.05, 0) is 23.7 Å². The molecule has 0 bridgehead atoms.